The monoisotopic (exact) mass is 179 g/mol. The Labute approximate surface area is 72.6 Å². The molecule has 3 nitrogen and oxygen atoms in total. The Balaban J connectivity index is 2.38. The van der Waals surface area contributed by atoms with Crippen LogP contribution >= 0.6 is 11.3 Å². The molecular weight excluding hydrogens is 174 g/mol. The van der Waals surface area contributed by atoms with Crippen LogP contribution in [0, 0.1) is 0 Å². The maximum Gasteiger partial charge on any atom is 0.231 e. The minimum Gasteiger partial charge on any atom is -0.454 e. The van der Waals surface area contributed by atoms with Crippen molar-refractivity contribution in [2.24, 2.45) is 0 Å². The average molecular weight is 179 g/mol. The standard InChI is InChI=1S/C8H5NO2S/c1-5-8(12-3-9-5)2-7-6(1)10-4-11-7/h1-3H,4H2. The second kappa shape index (κ2) is 2.10. The molecule has 0 saturated heterocycles. The van der Waals surface area contributed by atoms with Crippen LogP contribution in [0.1, 0.15) is 0 Å². The van der Waals surface area contributed by atoms with E-state index in [0.717, 1.165) is 21.7 Å². The molecule has 12 heavy (non-hydrogen) atoms. The van der Waals surface area contributed by atoms with Crippen molar-refractivity contribution in [2.45, 2.75) is 0 Å². The average Bonchev–Trinajstić information content (AvgIpc) is 2.64. The number of hydrogen-bond donors (Lipinski definition) is 0. The predicted octanol–water partition coefficient (Wildman–Crippen LogP) is 2.02. The molecule has 0 radical (unpaired) electrons. The van der Waals surface area contributed by atoms with Crippen molar-refractivity contribution >= 4 is 21.6 Å². The zero-order valence-corrected chi connectivity index (χ0v) is 6.93. The van der Waals surface area contributed by atoms with Gasteiger partial charge in [0, 0.05) is 12.1 Å². The molecule has 1 aliphatic rings. The fourth-order valence-corrected chi connectivity index (χ4v) is 1.94. The number of fused-ring (bicyclic) bond motifs is 2. The van der Waals surface area contributed by atoms with E-state index < -0.39 is 0 Å². The molecule has 60 valence electrons. The van der Waals surface area contributed by atoms with Crippen molar-refractivity contribution in [3.05, 3.63) is 17.6 Å². The van der Waals surface area contributed by atoms with Gasteiger partial charge in [0.25, 0.3) is 0 Å². The summed E-state index contributed by atoms with van der Waals surface area (Å²) < 4.78 is 11.6. The number of aromatic nitrogens is 1. The van der Waals surface area contributed by atoms with E-state index in [0.29, 0.717) is 6.79 Å². The first-order chi connectivity index (χ1) is 5.93. The lowest BCUT2D eigenvalue weighted by Crippen LogP contribution is -1.92. The molecule has 1 aromatic carbocycles. The molecule has 3 rings (SSSR count). The third-order valence-corrected chi connectivity index (χ3v) is 2.62. The summed E-state index contributed by atoms with van der Waals surface area (Å²) in [5.74, 6) is 1.63. The molecule has 0 amide bonds. The largest absolute Gasteiger partial charge is 0.454 e. The van der Waals surface area contributed by atoms with Crippen LogP contribution in [-0.4, -0.2) is 11.8 Å². The summed E-state index contributed by atoms with van der Waals surface area (Å²) in [6.07, 6.45) is 0. The van der Waals surface area contributed by atoms with Crippen LogP contribution in [0.3, 0.4) is 0 Å². The highest BCUT2D eigenvalue weighted by Crippen LogP contribution is 2.36. The maximum absolute atomic E-state index is 5.23. The van der Waals surface area contributed by atoms with E-state index in [1.165, 1.54) is 0 Å². The molecular formula is C8H5NO2S. The molecule has 0 bridgehead atoms. The summed E-state index contributed by atoms with van der Waals surface area (Å²) in [6.45, 7) is 0.326. The Morgan fingerprint density at radius 3 is 3.00 bits per heavy atom. The van der Waals surface area contributed by atoms with Crippen LogP contribution in [-0.2, 0) is 0 Å². The minimum absolute atomic E-state index is 0.326. The third-order valence-electron chi connectivity index (χ3n) is 1.83. The maximum atomic E-state index is 5.23. The molecule has 0 spiro atoms. The van der Waals surface area contributed by atoms with E-state index in [-0.39, 0.29) is 0 Å². The summed E-state index contributed by atoms with van der Waals surface area (Å²) >= 11 is 1.61. The van der Waals surface area contributed by atoms with Crippen LogP contribution in [0.15, 0.2) is 17.6 Å². The number of thiazole rings is 1. The Morgan fingerprint density at radius 1 is 1.25 bits per heavy atom. The van der Waals surface area contributed by atoms with Crippen LogP contribution in [0.25, 0.3) is 10.2 Å². The van der Waals surface area contributed by atoms with Gasteiger partial charge in [-0.25, -0.2) is 4.98 Å². The van der Waals surface area contributed by atoms with E-state index in [2.05, 4.69) is 4.98 Å². The van der Waals surface area contributed by atoms with Crippen molar-refractivity contribution in [1.82, 2.24) is 4.98 Å². The van der Waals surface area contributed by atoms with Gasteiger partial charge in [0.2, 0.25) is 6.79 Å². The van der Waals surface area contributed by atoms with Gasteiger partial charge in [-0.2, -0.15) is 0 Å². The Morgan fingerprint density at radius 2 is 2.08 bits per heavy atom. The number of ether oxygens (including phenoxy) is 2. The summed E-state index contributed by atoms with van der Waals surface area (Å²) in [7, 11) is 0. The SMILES string of the molecule is c1nc2cc3c(cc2s1)OCO3. The van der Waals surface area contributed by atoms with E-state index in [1.54, 1.807) is 11.3 Å². The van der Waals surface area contributed by atoms with E-state index in [1.807, 2.05) is 17.6 Å². The van der Waals surface area contributed by atoms with E-state index in [4.69, 9.17) is 9.47 Å². The van der Waals surface area contributed by atoms with Crippen molar-refractivity contribution in [2.75, 3.05) is 6.79 Å². The lowest BCUT2D eigenvalue weighted by Gasteiger charge is -1.93. The van der Waals surface area contributed by atoms with Crippen molar-refractivity contribution in [3.63, 3.8) is 0 Å². The summed E-state index contributed by atoms with van der Waals surface area (Å²) in [5.41, 5.74) is 2.80. The van der Waals surface area contributed by atoms with Gasteiger partial charge in [-0.1, -0.05) is 0 Å². The minimum atomic E-state index is 0.326. The molecule has 0 aliphatic carbocycles. The van der Waals surface area contributed by atoms with Crippen LogP contribution in [0.2, 0.25) is 0 Å². The molecule has 2 heterocycles. The number of hydrogen-bond acceptors (Lipinski definition) is 4. The van der Waals surface area contributed by atoms with Gasteiger partial charge >= 0.3 is 0 Å². The molecule has 0 N–H and O–H groups in total. The van der Waals surface area contributed by atoms with Crippen molar-refractivity contribution in [3.8, 4) is 11.5 Å². The zero-order valence-electron chi connectivity index (χ0n) is 6.11. The van der Waals surface area contributed by atoms with Crippen LogP contribution < -0.4 is 9.47 Å². The second-order valence-electron chi connectivity index (χ2n) is 2.53. The molecule has 2 aromatic rings. The Hall–Kier alpha value is -1.29. The lowest BCUT2D eigenvalue weighted by atomic mass is 10.3. The first-order valence-electron chi connectivity index (χ1n) is 3.56. The summed E-state index contributed by atoms with van der Waals surface area (Å²) in [6, 6.07) is 3.88. The van der Waals surface area contributed by atoms with Gasteiger partial charge in [-0.15, -0.1) is 11.3 Å². The fraction of sp³-hybridized carbons (Fsp3) is 0.125. The van der Waals surface area contributed by atoms with Gasteiger partial charge in [-0.05, 0) is 0 Å². The molecule has 1 aromatic heterocycles. The first-order valence-corrected chi connectivity index (χ1v) is 4.44. The summed E-state index contributed by atoms with van der Waals surface area (Å²) in [5, 5.41) is 0. The van der Waals surface area contributed by atoms with Gasteiger partial charge in [0.05, 0.1) is 15.7 Å². The van der Waals surface area contributed by atoms with E-state index in [9.17, 15) is 0 Å². The third kappa shape index (κ3) is 0.726. The van der Waals surface area contributed by atoms with Crippen LogP contribution in [0.4, 0.5) is 0 Å². The van der Waals surface area contributed by atoms with Crippen molar-refractivity contribution in [1.29, 1.82) is 0 Å². The predicted molar refractivity (Wildman–Crippen MR) is 45.7 cm³/mol. The smallest absolute Gasteiger partial charge is 0.231 e. The first kappa shape index (κ1) is 6.25. The molecule has 0 unspecified atom stereocenters. The van der Waals surface area contributed by atoms with E-state index >= 15 is 0 Å². The summed E-state index contributed by atoms with van der Waals surface area (Å²) in [4.78, 5) is 4.18. The highest BCUT2D eigenvalue weighted by Gasteiger charge is 2.14. The molecule has 0 atom stereocenters. The lowest BCUT2D eigenvalue weighted by molar-refractivity contribution is 0.174. The van der Waals surface area contributed by atoms with Crippen molar-refractivity contribution < 1.29 is 9.47 Å². The fourth-order valence-electron chi connectivity index (χ4n) is 1.25. The highest BCUT2D eigenvalue weighted by molar-refractivity contribution is 7.16. The molecule has 0 saturated carbocycles. The van der Waals surface area contributed by atoms with Gasteiger partial charge in [0.15, 0.2) is 11.5 Å². The highest BCUT2D eigenvalue weighted by atomic mass is 32.1. The zero-order chi connectivity index (χ0) is 7.97. The van der Waals surface area contributed by atoms with Gasteiger partial charge in [0.1, 0.15) is 0 Å². The number of benzene rings is 1. The van der Waals surface area contributed by atoms with Gasteiger partial charge < -0.3 is 9.47 Å². The Bertz CT molecular complexity index is 400. The molecule has 4 heteroatoms. The quantitative estimate of drug-likeness (QED) is 0.620. The topological polar surface area (TPSA) is 31.4 Å². The van der Waals surface area contributed by atoms with Gasteiger partial charge in [-0.3, -0.25) is 0 Å². The molecule has 0 fully saturated rings. The Kier molecular flexibility index (Phi) is 1.10. The second-order valence-corrected chi connectivity index (χ2v) is 3.41. The number of rotatable bonds is 0. The molecule has 1 aliphatic heterocycles. The number of nitrogens with zero attached hydrogens (tertiary/aromatic N) is 1. The normalized spacial score (nSPS) is 14.0. The van der Waals surface area contributed by atoms with Crippen LogP contribution in [0.5, 0.6) is 11.5 Å².